The third-order valence-corrected chi connectivity index (χ3v) is 6.50. The number of amides is 1. The van der Waals surface area contributed by atoms with Gasteiger partial charge in [-0.3, -0.25) is 9.69 Å². The number of ether oxygens (including phenoxy) is 1. The number of carbonyl (C=O) groups excluding carboxylic acids is 1. The molecule has 6 nitrogen and oxygen atoms in total. The minimum absolute atomic E-state index is 0.334. The second kappa shape index (κ2) is 7.69. The zero-order valence-corrected chi connectivity index (χ0v) is 16.0. The van der Waals surface area contributed by atoms with Crippen LogP contribution >= 0.6 is 0 Å². The minimum atomic E-state index is 0.334. The van der Waals surface area contributed by atoms with Gasteiger partial charge in [-0.2, -0.15) is 0 Å². The largest absolute Gasteiger partial charge is 0.385 e. The molecule has 2 aliphatic heterocycles. The number of piperidine rings is 2. The Morgan fingerprint density at radius 2 is 2.08 bits per heavy atom. The molecule has 1 aromatic heterocycles. The van der Waals surface area contributed by atoms with Crippen LogP contribution in [0.4, 0.5) is 0 Å². The van der Waals surface area contributed by atoms with E-state index in [1.54, 1.807) is 7.11 Å². The first-order chi connectivity index (χ1) is 12.7. The lowest BCUT2D eigenvalue weighted by atomic mass is 9.72. The van der Waals surface area contributed by atoms with Crippen molar-refractivity contribution in [2.45, 2.75) is 57.5 Å². The molecule has 1 amide bonds. The fourth-order valence-electron chi connectivity index (χ4n) is 4.65. The lowest BCUT2D eigenvalue weighted by Crippen LogP contribution is -2.51. The number of hydrogen-bond donors (Lipinski definition) is 0. The average molecular weight is 361 g/mol. The standard InChI is InChI=1S/C20H32N4O2/c1-26-14-2-10-23-16-20(6-5-19(23)25)7-11-22(12-8-20)15-18-21-9-13-24(18)17-3-4-17/h9,13,17H,2-8,10-12,14-16H2,1H3. The van der Waals surface area contributed by atoms with E-state index in [-0.39, 0.29) is 0 Å². The molecule has 0 atom stereocenters. The molecule has 0 radical (unpaired) electrons. The first kappa shape index (κ1) is 18.0. The first-order valence-electron chi connectivity index (χ1n) is 10.2. The molecule has 3 heterocycles. The lowest BCUT2D eigenvalue weighted by molar-refractivity contribution is -0.139. The monoisotopic (exact) mass is 360 g/mol. The van der Waals surface area contributed by atoms with E-state index in [1.165, 1.54) is 31.5 Å². The molecule has 1 aromatic rings. The molecule has 3 fully saturated rings. The maximum absolute atomic E-state index is 12.3. The predicted molar refractivity (Wildman–Crippen MR) is 99.7 cm³/mol. The van der Waals surface area contributed by atoms with Crippen LogP contribution < -0.4 is 0 Å². The van der Waals surface area contributed by atoms with Crippen molar-refractivity contribution >= 4 is 5.91 Å². The third kappa shape index (κ3) is 3.96. The highest BCUT2D eigenvalue weighted by atomic mass is 16.5. The minimum Gasteiger partial charge on any atom is -0.385 e. The van der Waals surface area contributed by atoms with Crippen molar-refractivity contribution in [2.75, 3.05) is 39.9 Å². The van der Waals surface area contributed by atoms with Crippen LogP contribution in [0, 0.1) is 5.41 Å². The highest BCUT2D eigenvalue weighted by molar-refractivity contribution is 5.77. The van der Waals surface area contributed by atoms with Crippen molar-refractivity contribution < 1.29 is 9.53 Å². The van der Waals surface area contributed by atoms with Crippen LogP contribution in [0.3, 0.4) is 0 Å². The summed E-state index contributed by atoms with van der Waals surface area (Å²) >= 11 is 0. The van der Waals surface area contributed by atoms with E-state index >= 15 is 0 Å². The Hall–Kier alpha value is -1.40. The third-order valence-electron chi connectivity index (χ3n) is 6.50. The van der Waals surface area contributed by atoms with Gasteiger partial charge in [0.25, 0.3) is 0 Å². The van der Waals surface area contributed by atoms with Crippen LogP contribution in [0.25, 0.3) is 0 Å². The van der Waals surface area contributed by atoms with Gasteiger partial charge < -0.3 is 14.2 Å². The summed E-state index contributed by atoms with van der Waals surface area (Å²) in [6.45, 7) is 5.74. The molecule has 1 saturated carbocycles. The Labute approximate surface area is 156 Å². The number of likely N-dealkylation sites (tertiary alicyclic amines) is 2. The summed E-state index contributed by atoms with van der Waals surface area (Å²) in [5.74, 6) is 1.56. The van der Waals surface area contributed by atoms with Crippen LogP contribution in [0.5, 0.6) is 0 Å². The number of aromatic nitrogens is 2. The Kier molecular flexibility index (Phi) is 5.32. The Balaban J connectivity index is 1.30. The molecule has 3 aliphatic rings. The molecular formula is C20H32N4O2. The van der Waals surface area contributed by atoms with Gasteiger partial charge in [-0.25, -0.2) is 4.98 Å². The van der Waals surface area contributed by atoms with Gasteiger partial charge in [0.2, 0.25) is 5.91 Å². The molecule has 0 bridgehead atoms. The van der Waals surface area contributed by atoms with Gasteiger partial charge in [-0.05, 0) is 57.0 Å². The zero-order chi connectivity index (χ0) is 18.0. The molecular weight excluding hydrogens is 328 g/mol. The van der Waals surface area contributed by atoms with E-state index in [2.05, 4.69) is 25.5 Å². The second-order valence-corrected chi connectivity index (χ2v) is 8.42. The molecule has 26 heavy (non-hydrogen) atoms. The van der Waals surface area contributed by atoms with Crippen LogP contribution in [0.2, 0.25) is 0 Å². The van der Waals surface area contributed by atoms with Crippen molar-refractivity contribution in [3.63, 3.8) is 0 Å². The molecule has 0 aromatic carbocycles. The molecule has 0 unspecified atom stereocenters. The van der Waals surface area contributed by atoms with Crippen LogP contribution in [-0.2, 0) is 16.1 Å². The van der Waals surface area contributed by atoms with Gasteiger partial charge >= 0.3 is 0 Å². The quantitative estimate of drug-likeness (QED) is 0.701. The van der Waals surface area contributed by atoms with Gasteiger partial charge in [0, 0.05) is 51.7 Å². The summed E-state index contributed by atoms with van der Waals surface area (Å²) in [6.07, 6.45) is 11.8. The molecule has 144 valence electrons. The highest BCUT2D eigenvalue weighted by Gasteiger charge is 2.41. The second-order valence-electron chi connectivity index (χ2n) is 8.42. The predicted octanol–water partition coefficient (Wildman–Crippen LogP) is 2.46. The Bertz CT molecular complexity index is 617. The number of imidazole rings is 1. The SMILES string of the molecule is COCCCN1CC2(CCC1=O)CCN(Cc1nccn1C1CC1)CC2. The van der Waals surface area contributed by atoms with Crippen LogP contribution in [0.1, 0.15) is 56.8 Å². The van der Waals surface area contributed by atoms with Crippen molar-refractivity contribution in [1.82, 2.24) is 19.4 Å². The number of carbonyl (C=O) groups is 1. The maximum atomic E-state index is 12.3. The smallest absolute Gasteiger partial charge is 0.222 e. The van der Waals surface area contributed by atoms with Crippen molar-refractivity contribution in [1.29, 1.82) is 0 Å². The summed E-state index contributed by atoms with van der Waals surface area (Å²) in [5, 5.41) is 0. The Morgan fingerprint density at radius 3 is 2.81 bits per heavy atom. The van der Waals surface area contributed by atoms with Gasteiger partial charge in [0.15, 0.2) is 0 Å². The fraction of sp³-hybridized carbons (Fsp3) is 0.800. The summed E-state index contributed by atoms with van der Waals surface area (Å²) in [7, 11) is 1.73. The van der Waals surface area contributed by atoms with E-state index < -0.39 is 0 Å². The van der Waals surface area contributed by atoms with E-state index in [1.807, 2.05) is 6.20 Å². The summed E-state index contributed by atoms with van der Waals surface area (Å²) < 4.78 is 7.52. The fourth-order valence-corrected chi connectivity index (χ4v) is 4.65. The van der Waals surface area contributed by atoms with E-state index in [0.29, 0.717) is 17.4 Å². The van der Waals surface area contributed by atoms with E-state index in [9.17, 15) is 4.79 Å². The summed E-state index contributed by atoms with van der Waals surface area (Å²) in [6, 6.07) is 0.702. The topological polar surface area (TPSA) is 50.6 Å². The van der Waals surface area contributed by atoms with Crippen molar-refractivity contribution in [3.05, 3.63) is 18.2 Å². The molecule has 2 saturated heterocycles. The Morgan fingerprint density at radius 1 is 1.27 bits per heavy atom. The number of rotatable bonds is 7. The normalized spacial score (nSPS) is 23.7. The molecule has 1 spiro atoms. The van der Waals surface area contributed by atoms with Gasteiger partial charge in [0.05, 0.1) is 6.54 Å². The number of nitrogens with zero attached hydrogens (tertiary/aromatic N) is 4. The lowest BCUT2D eigenvalue weighted by Gasteiger charge is -2.47. The zero-order valence-electron chi connectivity index (χ0n) is 16.0. The molecule has 1 aliphatic carbocycles. The molecule has 0 N–H and O–H groups in total. The van der Waals surface area contributed by atoms with E-state index in [0.717, 1.165) is 58.6 Å². The first-order valence-corrected chi connectivity index (χ1v) is 10.2. The molecule has 6 heteroatoms. The highest BCUT2D eigenvalue weighted by Crippen LogP contribution is 2.41. The average Bonchev–Trinajstić information content (AvgIpc) is 3.40. The van der Waals surface area contributed by atoms with Crippen molar-refractivity contribution in [2.24, 2.45) is 5.41 Å². The number of hydrogen-bond acceptors (Lipinski definition) is 4. The summed E-state index contributed by atoms with van der Waals surface area (Å²) in [5.41, 5.74) is 0.337. The van der Waals surface area contributed by atoms with Gasteiger partial charge in [0.1, 0.15) is 5.82 Å². The summed E-state index contributed by atoms with van der Waals surface area (Å²) in [4.78, 5) is 21.5. The van der Waals surface area contributed by atoms with Crippen molar-refractivity contribution in [3.8, 4) is 0 Å². The number of methoxy groups -OCH3 is 1. The van der Waals surface area contributed by atoms with E-state index in [4.69, 9.17) is 4.74 Å². The van der Waals surface area contributed by atoms with Gasteiger partial charge in [-0.15, -0.1) is 0 Å². The molecule has 4 rings (SSSR count). The maximum Gasteiger partial charge on any atom is 0.222 e. The van der Waals surface area contributed by atoms with Crippen LogP contribution in [0.15, 0.2) is 12.4 Å². The van der Waals surface area contributed by atoms with Gasteiger partial charge in [-0.1, -0.05) is 0 Å². The van der Waals surface area contributed by atoms with Crippen LogP contribution in [-0.4, -0.2) is 65.2 Å².